The molecule has 0 aromatic heterocycles. The molecule has 0 radical (unpaired) electrons. The second kappa shape index (κ2) is 8.06. The average Bonchev–Trinajstić information content (AvgIpc) is 2.52. The number of hydrogen-bond donors (Lipinski definition) is 1. The normalized spacial score (nSPS) is 19.4. The molecule has 1 amide bonds. The highest BCUT2D eigenvalue weighted by molar-refractivity contribution is 5.78. The molecule has 1 N–H and O–H groups in total. The molecule has 0 aliphatic carbocycles. The number of ether oxygens (including phenoxy) is 1. The minimum Gasteiger partial charge on any atom is -0.481 e. The van der Waals surface area contributed by atoms with Crippen LogP contribution in [0.5, 0.6) is 0 Å². The molecule has 2 atom stereocenters. The van der Waals surface area contributed by atoms with E-state index >= 15 is 0 Å². The Labute approximate surface area is 135 Å². The van der Waals surface area contributed by atoms with Gasteiger partial charge in [-0.25, -0.2) is 4.39 Å². The number of aryl methyl sites for hydroxylation is 1. The first-order chi connectivity index (χ1) is 11.0. The van der Waals surface area contributed by atoms with E-state index in [0.717, 1.165) is 0 Å². The van der Waals surface area contributed by atoms with Crippen LogP contribution in [0.15, 0.2) is 24.3 Å². The van der Waals surface area contributed by atoms with Crippen LogP contribution in [0.2, 0.25) is 0 Å². The Kier molecular flexibility index (Phi) is 6.10. The fourth-order valence-electron chi connectivity index (χ4n) is 2.75. The van der Waals surface area contributed by atoms with Gasteiger partial charge in [0.2, 0.25) is 5.91 Å². The van der Waals surface area contributed by atoms with Gasteiger partial charge in [0.25, 0.3) is 0 Å². The third-order valence-corrected chi connectivity index (χ3v) is 4.08. The van der Waals surface area contributed by atoms with Crippen molar-refractivity contribution >= 4 is 11.9 Å². The minimum atomic E-state index is -0.933. The molecule has 1 heterocycles. The van der Waals surface area contributed by atoms with E-state index in [0.29, 0.717) is 38.1 Å². The fourth-order valence-corrected chi connectivity index (χ4v) is 2.75. The predicted octanol–water partition coefficient (Wildman–Crippen LogP) is 2.10. The van der Waals surface area contributed by atoms with Gasteiger partial charge < -0.3 is 14.7 Å². The van der Waals surface area contributed by atoms with E-state index < -0.39 is 12.1 Å². The number of aliphatic carboxylic acids is 1. The summed E-state index contributed by atoms with van der Waals surface area (Å²) >= 11 is 0. The number of hydrogen-bond acceptors (Lipinski definition) is 3. The first kappa shape index (κ1) is 17.4. The number of carbonyl (C=O) groups excluding carboxylic acids is 1. The highest BCUT2D eigenvalue weighted by Crippen LogP contribution is 2.17. The molecule has 5 nitrogen and oxygen atoms in total. The number of morpholine rings is 1. The molecule has 1 aliphatic heterocycles. The Morgan fingerprint density at radius 2 is 2.17 bits per heavy atom. The van der Waals surface area contributed by atoms with Crippen LogP contribution in [0.4, 0.5) is 4.39 Å². The van der Waals surface area contributed by atoms with Crippen LogP contribution in [-0.2, 0) is 20.7 Å². The van der Waals surface area contributed by atoms with Gasteiger partial charge in [0, 0.05) is 19.0 Å². The zero-order valence-electron chi connectivity index (χ0n) is 13.2. The Hall–Kier alpha value is -1.95. The Morgan fingerprint density at radius 3 is 2.87 bits per heavy atom. The number of carboxylic acid groups (broad SMARTS) is 1. The smallest absolute Gasteiger partial charge is 0.306 e. The number of benzene rings is 1. The molecule has 0 bridgehead atoms. The molecule has 2 rings (SSSR count). The van der Waals surface area contributed by atoms with Crippen molar-refractivity contribution in [2.75, 3.05) is 19.7 Å². The monoisotopic (exact) mass is 323 g/mol. The summed E-state index contributed by atoms with van der Waals surface area (Å²) in [6, 6.07) is 6.57. The predicted molar refractivity (Wildman–Crippen MR) is 82.5 cm³/mol. The first-order valence-electron chi connectivity index (χ1n) is 7.83. The lowest BCUT2D eigenvalue weighted by Gasteiger charge is -2.34. The lowest BCUT2D eigenvalue weighted by atomic mass is 9.99. The van der Waals surface area contributed by atoms with Gasteiger partial charge in [-0.2, -0.15) is 0 Å². The fraction of sp³-hybridized carbons (Fsp3) is 0.529. The molecule has 23 heavy (non-hydrogen) atoms. The van der Waals surface area contributed by atoms with E-state index in [-0.39, 0.29) is 24.1 Å². The number of amides is 1. The molecular formula is C17H22FNO4. The molecule has 1 aliphatic rings. The highest BCUT2D eigenvalue weighted by atomic mass is 19.1. The average molecular weight is 323 g/mol. The number of carbonyl (C=O) groups is 2. The van der Waals surface area contributed by atoms with Gasteiger partial charge in [0.05, 0.1) is 19.1 Å². The van der Waals surface area contributed by atoms with E-state index in [9.17, 15) is 14.0 Å². The lowest BCUT2D eigenvalue weighted by molar-refractivity contribution is -0.149. The van der Waals surface area contributed by atoms with Crippen molar-refractivity contribution in [2.45, 2.75) is 32.3 Å². The lowest BCUT2D eigenvalue weighted by Crippen LogP contribution is -2.48. The highest BCUT2D eigenvalue weighted by Gasteiger charge is 2.28. The van der Waals surface area contributed by atoms with Crippen molar-refractivity contribution in [3.8, 4) is 0 Å². The number of carboxylic acids is 1. The summed E-state index contributed by atoms with van der Waals surface area (Å²) < 4.78 is 19.0. The van der Waals surface area contributed by atoms with E-state index in [2.05, 4.69) is 0 Å². The Balaban J connectivity index is 1.86. The summed E-state index contributed by atoms with van der Waals surface area (Å²) in [5.74, 6) is -1.45. The molecule has 6 heteroatoms. The summed E-state index contributed by atoms with van der Waals surface area (Å²) in [5, 5.41) is 8.82. The van der Waals surface area contributed by atoms with Gasteiger partial charge in [0.1, 0.15) is 5.82 Å². The van der Waals surface area contributed by atoms with Crippen molar-refractivity contribution < 1.29 is 23.8 Å². The van der Waals surface area contributed by atoms with Crippen LogP contribution in [0.1, 0.15) is 25.3 Å². The van der Waals surface area contributed by atoms with Crippen LogP contribution >= 0.6 is 0 Å². The van der Waals surface area contributed by atoms with Crippen molar-refractivity contribution in [1.29, 1.82) is 0 Å². The molecule has 1 saturated heterocycles. The molecule has 1 aromatic carbocycles. The van der Waals surface area contributed by atoms with Gasteiger partial charge in [-0.05, 0) is 24.5 Å². The Bertz CT molecular complexity index is 563. The van der Waals surface area contributed by atoms with Gasteiger partial charge in [0.15, 0.2) is 0 Å². The first-order valence-corrected chi connectivity index (χ1v) is 7.83. The quantitative estimate of drug-likeness (QED) is 0.870. The second-order valence-corrected chi connectivity index (χ2v) is 5.91. The van der Waals surface area contributed by atoms with E-state index in [1.54, 1.807) is 23.1 Å². The van der Waals surface area contributed by atoms with Crippen molar-refractivity contribution in [3.05, 3.63) is 35.6 Å². The van der Waals surface area contributed by atoms with Crippen molar-refractivity contribution in [3.63, 3.8) is 0 Å². The third-order valence-electron chi connectivity index (χ3n) is 4.08. The molecule has 126 valence electrons. The van der Waals surface area contributed by atoms with Crippen LogP contribution in [-0.4, -0.2) is 47.7 Å². The SMILES string of the molecule is C[C@@H](CCc1ccccc1F)C(=O)N1CCO[C@H](CC(=O)O)C1. The van der Waals surface area contributed by atoms with E-state index in [1.165, 1.54) is 6.07 Å². The summed E-state index contributed by atoms with van der Waals surface area (Å²) in [4.78, 5) is 24.9. The van der Waals surface area contributed by atoms with E-state index in [4.69, 9.17) is 9.84 Å². The van der Waals surface area contributed by atoms with Crippen LogP contribution in [0.25, 0.3) is 0 Å². The summed E-state index contributed by atoms with van der Waals surface area (Å²) in [6.45, 7) is 2.95. The summed E-state index contributed by atoms with van der Waals surface area (Å²) in [7, 11) is 0. The second-order valence-electron chi connectivity index (χ2n) is 5.91. The maximum atomic E-state index is 13.6. The van der Waals surface area contributed by atoms with Gasteiger partial charge in [-0.15, -0.1) is 0 Å². The standard InChI is InChI=1S/C17H22FNO4/c1-12(6-7-13-4-2-3-5-15(13)18)17(22)19-8-9-23-14(11-19)10-16(20)21/h2-5,12,14H,6-11H2,1H3,(H,20,21)/t12-,14+/m0/s1. The topological polar surface area (TPSA) is 66.8 Å². The molecule has 0 spiro atoms. The summed E-state index contributed by atoms with van der Waals surface area (Å²) in [5.41, 5.74) is 0.609. The van der Waals surface area contributed by atoms with Crippen LogP contribution in [0.3, 0.4) is 0 Å². The molecular weight excluding hydrogens is 301 g/mol. The zero-order chi connectivity index (χ0) is 16.8. The van der Waals surface area contributed by atoms with Gasteiger partial charge in [-0.1, -0.05) is 25.1 Å². The van der Waals surface area contributed by atoms with Gasteiger partial charge >= 0.3 is 5.97 Å². The molecule has 0 unspecified atom stereocenters. The Morgan fingerprint density at radius 1 is 1.43 bits per heavy atom. The van der Waals surface area contributed by atoms with Crippen LogP contribution in [0, 0.1) is 11.7 Å². The third kappa shape index (κ3) is 5.03. The minimum absolute atomic E-state index is 0.0278. The number of nitrogens with zero attached hydrogens (tertiary/aromatic N) is 1. The molecule has 1 aromatic rings. The maximum Gasteiger partial charge on any atom is 0.306 e. The van der Waals surface area contributed by atoms with Crippen molar-refractivity contribution in [2.24, 2.45) is 5.92 Å². The molecule has 0 saturated carbocycles. The number of halogens is 1. The largest absolute Gasteiger partial charge is 0.481 e. The van der Waals surface area contributed by atoms with E-state index in [1.807, 2.05) is 6.92 Å². The molecule has 1 fully saturated rings. The van der Waals surface area contributed by atoms with Crippen molar-refractivity contribution in [1.82, 2.24) is 4.90 Å². The van der Waals surface area contributed by atoms with Gasteiger partial charge in [-0.3, -0.25) is 9.59 Å². The number of rotatable bonds is 6. The maximum absolute atomic E-state index is 13.6. The zero-order valence-corrected chi connectivity index (χ0v) is 13.2. The summed E-state index contributed by atoms with van der Waals surface area (Å²) in [6.07, 6.45) is 0.500. The van der Waals surface area contributed by atoms with Crippen LogP contribution < -0.4 is 0 Å².